The predicted molar refractivity (Wildman–Crippen MR) is 113 cm³/mol. The molecule has 0 amide bonds. The minimum atomic E-state index is -1.06. The third kappa shape index (κ3) is 2.48. The first-order chi connectivity index (χ1) is 13.0. The number of phenols is 1. The molecule has 0 bridgehead atoms. The second kappa shape index (κ2) is 6.73. The quantitative estimate of drug-likeness (QED) is 0.689. The lowest BCUT2D eigenvalue weighted by Gasteiger charge is -2.54. The number of phenolic OH excluding ortho intramolecular Hbond substituents is 1. The molecule has 3 rings (SSSR count). The number of carbonyl (C=O) groups is 2. The topological polar surface area (TPSA) is 63.6 Å². The van der Waals surface area contributed by atoms with Gasteiger partial charge in [0.05, 0.1) is 12.5 Å². The van der Waals surface area contributed by atoms with Crippen molar-refractivity contribution in [1.29, 1.82) is 0 Å². The molecule has 0 aliphatic heterocycles. The molecule has 0 saturated heterocycles. The first kappa shape index (κ1) is 20.6. The lowest BCUT2D eigenvalue weighted by atomic mass is 9.45. The number of rotatable bonds is 3. The van der Waals surface area contributed by atoms with Crippen LogP contribution in [-0.2, 0) is 9.59 Å². The van der Waals surface area contributed by atoms with Gasteiger partial charge in [0, 0.05) is 21.4 Å². The second-order valence-electron chi connectivity index (χ2n) is 8.03. The van der Waals surface area contributed by atoms with Crippen LogP contribution in [0.5, 0.6) is 11.5 Å². The van der Waals surface area contributed by atoms with Crippen molar-refractivity contribution in [3.63, 3.8) is 0 Å². The molecule has 2 aliphatic rings. The average molecular weight is 445 g/mol. The largest absolute Gasteiger partial charge is 0.504 e. The van der Waals surface area contributed by atoms with Crippen LogP contribution in [0.3, 0.4) is 0 Å². The molecule has 2 aliphatic carbocycles. The third-order valence-corrected chi connectivity index (χ3v) is 7.31. The van der Waals surface area contributed by atoms with E-state index in [4.69, 9.17) is 4.74 Å². The molecule has 148 valence electrons. The van der Waals surface area contributed by atoms with Gasteiger partial charge in [0.1, 0.15) is 0 Å². The van der Waals surface area contributed by atoms with E-state index in [0.29, 0.717) is 28.9 Å². The molecule has 0 spiro atoms. The van der Waals surface area contributed by atoms with Crippen molar-refractivity contribution < 1.29 is 19.4 Å². The van der Waals surface area contributed by atoms with E-state index < -0.39 is 16.7 Å². The smallest absolute Gasteiger partial charge is 0.166 e. The summed E-state index contributed by atoms with van der Waals surface area (Å²) >= 11 is 3.47. The number of aromatic hydroxyl groups is 1. The van der Waals surface area contributed by atoms with Crippen molar-refractivity contribution in [3.05, 3.63) is 57.6 Å². The standard InChI is InChI=1S/C23H25BrO4/c1-7-14-8-9-22(4)20(26)12(2)13(3)21(27)23(22,5)18(14)16-10-15(24)11-17(28-6)19(16)25/h7-8,10-11,18,25H,1,9H2,2-6H3/t18-,22+,23-/m1/s1. The Bertz CT molecular complexity index is 971. The van der Waals surface area contributed by atoms with Gasteiger partial charge in [-0.3, -0.25) is 9.59 Å². The van der Waals surface area contributed by atoms with E-state index in [2.05, 4.69) is 22.5 Å². The van der Waals surface area contributed by atoms with Gasteiger partial charge in [-0.15, -0.1) is 0 Å². The number of ether oxygens (including phenoxy) is 1. The highest BCUT2D eigenvalue weighted by Gasteiger charge is 2.63. The zero-order valence-corrected chi connectivity index (χ0v) is 18.4. The Hall–Kier alpha value is -2.14. The predicted octanol–water partition coefficient (Wildman–Crippen LogP) is 5.26. The molecule has 0 unspecified atom stereocenters. The summed E-state index contributed by atoms with van der Waals surface area (Å²) in [5.41, 5.74) is 0.405. The Kier molecular flexibility index (Phi) is 4.95. The number of allylic oxidation sites excluding steroid dienone is 5. The van der Waals surface area contributed by atoms with Crippen molar-refractivity contribution in [2.24, 2.45) is 10.8 Å². The highest BCUT2D eigenvalue weighted by atomic mass is 79.9. The van der Waals surface area contributed by atoms with Crippen molar-refractivity contribution in [1.82, 2.24) is 0 Å². The maximum atomic E-state index is 13.6. The molecular formula is C23H25BrO4. The van der Waals surface area contributed by atoms with Crippen molar-refractivity contribution >= 4 is 27.5 Å². The summed E-state index contributed by atoms with van der Waals surface area (Å²) in [7, 11) is 1.48. The van der Waals surface area contributed by atoms with Crippen LogP contribution in [0.25, 0.3) is 0 Å². The number of hydrogen-bond acceptors (Lipinski definition) is 4. The Labute approximate surface area is 174 Å². The fraction of sp³-hybridized carbons (Fsp3) is 0.391. The number of halogens is 1. The van der Waals surface area contributed by atoms with Gasteiger partial charge in [-0.25, -0.2) is 0 Å². The van der Waals surface area contributed by atoms with Crippen molar-refractivity contribution in [3.8, 4) is 11.5 Å². The molecule has 3 atom stereocenters. The van der Waals surface area contributed by atoms with Gasteiger partial charge < -0.3 is 9.84 Å². The zero-order valence-electron chi connectivity index (χ0n) is 16.9. The van der Waals surface area contributed by atoms with Crippen LogP contribution in [0.4, 0.5) is 0 Å². The summed E-state index contributed by atoms with van der Waals surface area (Å²) in [6.07, 6.45) is 4.12. The first-order valence-electron chi connectivity index (χ1n) is 9.20. The fourth-order valence-electron chi connectivity index (χ4n) is 4.82. The van der Waals surface area contributed by atoms with Crippen LogP contribution in [0, 0.1) is 10.8 Å². The van der Waals surface area contributed by atoms with E-state index in [0.717, 1.165) is 10.0 Å². The molecule has 0 heterocycles. The van der Waals surface area contributed by atoms with Crippen LogP contribution >= 0.6 is 15.9 Å². The number of fused-ring (bicyclic) bond motifs is 1. The van der Waals surface area contributed by atoms with Gasteiger partial charge in [-0.1, -0.05) is 48.5 Å². The van der Waals surface area contributed by atoms with Crippen molar-refractivity contribution in [2.75, 3.05) is 7.11 Å². The Morgan fingerprint density at radius 2 is 1.82 bits per heavy atom. The minimum Gasteiger partial charge on any atom is -0.504 e. The normalized spacial score (nSPS) is 30.1. The molecule has 0 saturated carbocycles. The Morgan fingerprint density at radius 3 is 2.39 bits per heavy atom. The molecule has 4 nitrogen and oxygen atoms in total. The second-order valence-corrected chi connectivity index (χ2v) is 8.95. The monoisotopic (exact) mass is 444 g/mol. The molecule has 1 N–H and O–H groups in total. The summed E-state index contributed by atoms with van der Waals surface area (Å²) in [4.78, 5) is 27.0. The molecule has 5 heteroatoms. The first-order valence-corrected chi connectivity index (χ1v) is 9.99. The lowest BCUT2D eigenvalue weighted by Crippen LogP contribution is -2.57. The molecule has 28 heavy (non-hydrogen) atoms. The van der Waals surface area contributed by atoms with Gasteiger partial charge in [0.2, 0.25) is 0 Å². The van der Waals surface area contributed by atoms with Crippen LogP contribution in [0.15, 0.2) is 52.1 Å². The van der Waals surface area contributed by atoms with Gasteiger partial charge in [0.25, 0.3) is 0 Å². The maximum absolute atomic E-state index is 13.6. The van der Waals surface area contributed by atoms with Crippen molar-refractivity contribution in [2.45, 2.75) is 40.0 Å². The van der Waals surface area contributed by atoms with Gasteiger partial charge in [0.15, 0.2) is 23.1 Å². The molecular weight excluding hydrogens is 420 g/mol. The third-order valence-electron chi connectivity index (χ3n) is 6.86. The summed E-state index contributed by atoms with van der Waals surface area (Å²) in [5, 5.41) is 10.9. The molecule has 1 aromatic carbocycles. The van der Waals surface area contributed by atoms with E-state index >= 15 is 0 Å². The van der Waals surface area contributed by atoms with Crippen LogP contribution < -0.4 is 4.74 Å². The number of carbonyl (C=O) groups excluding carboxylic acids is 2. The number of ketones is 2. The van der Waals surface area contributed by atoms with E-state index in [1.165, 1.54) is 7.11 Å². The molecule has 1 aromatic rings. The van der Waals surface area contributed by atoms with Gasteiger partial charge >= 0.3 is 0 Å². The molecule has 0 aromatic heterocycles. The number of Topliss-reactive ketones (excluding diaryl/α,β-unsaturated/α-hetero) is 2. The minimum absolute atomic E-state index is 0.0158. The number of benzene rings is 1. The molecule has 0 fully saturated rings. The van der Waals surface area contributed by atoms with E-state index in [9.17, 15) is 14.7 Å². The summed E-state index contributed by atoms with van der Waals surface area (Å²) < 4.78 is 6.04. The van der Waals surface area contributed by atoms with E-state index in [1.807, 2.05) is 19.9 Å². The van der Waals surface area contributed by atoms with Crippen LogP contribution in [-0.4, -0.2) is 23.8 Å². The fourth-order valence-corrected chi connectivity index (χ4v) is 5.27. The van der Waals surface area contributed by atoms with Gasteiger partial charge in [-0.05, 0) is 49.1 Å². The zero-order chi connectivity index (χ0) is 21.0. The Morgan fingerprint density at radius 1 is 1.21 bits per heavy atom. The summed E-state index contributed by atoms with van der Waals surface area (Å²) in [5.74, 6) is -0.338. The number of methoxy groups -OCH3 is 1. The highest BCUT2D eigenvalue weighted by Crippen LogP contribution is 2.63. The maximum Gasteiger partial charge on any atom is 0.166 e. The van der Waals surface area contributed by atoms with Crippen LogP contribution in [0.1, 0.15) is 45.6 Å². The van der Waals surface area contributed by atoms with E-state index in [1.54, 1.807) is 32.1 Å². The number of hydrogen-bond donors (Lipinski definition) is 1. The van der Waals surface area contributed by atoms with Gasteiger partial charge in [-0.2, -0.15) is 0 Å². The summed E-state index contributed by atoms with van der Waals surface area (Å²) in [6, 6.07) is 3.46. The highest BCUT2D eigenvalue weighted by molar-refractivity contribution is 9.10. The Balaban J connectivity index is 2.40. The van der Waals surface area contributed by atoms with Crippen LogP contribution in [0.2, 0.25) is 0 Å². The average Bonchev–Trinajstić information content (AvgIpc) is 2.68. The lowest BCUT2D eigenvalue weighted by molar-refractivity contribution is -0.147. The van der Waals surface area contributed by atoms with E-state index in [-0.39, 0.29) is 17.3 Å². The SMILES string of the molecule is C=CC1=CC[C@@]2(C)C(=O)C(C)=C(C)C(=O)[C@@]2(C)[C@H]1c1cc(Br)cc(OC)c1O. The summed E-state index contributed by atoms with van der Waals surface area (Å²) in [6.45, 7) is 11.1. The molecule has 0 radical (unpaired) electrons.